The predicted octanol–water partition coefficient (Wildman–Crippen LogP) is 4.13. The highest BCUT2D eigenvalue weighted by Gasteiger charge is 2.19. The molecule has 0 atom stereocenters. The van der Waals surface area contributed by atoms with Gasteiger partial charge in [0.05, 0.1) is 11.9 Å². The van der Waals surface area contributed by atoms with Crippen molar-refractivity contribution >= 4 is 21.5 Å². The van der Waals surface area contributed by atoms with Crippen molar-refractivity contribution in [3.8, 4) is 11.3 Å². The number of hydrogen-bond acceptors (Lipinski definition) is 5. The van der Waals surface area contributed by atoms with E-state index < -0.39 is 55.9 Å². The highest BCUT2D eigenvalue weighted by atomic mass is 32.2. The first kappa shape index (κ1) is 20.6. The van der Waals surface area contributed by atoms with Crippen LogP contribution < -0.4 is 5.32 Å². The van der Waals surface area contributed by atoms with Crippen LogP contribution in [0.2, 0.25) is 0 Å². The monoisotopic (exact) mass is 429 g/mol. The largest absolute Gasteiger partial charge is 0.324 e. The van der Waals surface area contributed by atoms with Crippen molar-refractivity contribution in [1.82, 2.24) is 9.97 Å². The SMILES string of the molecule is CS(=O)(=O)Cc1cc(F)cc(Nc2ncc(F)c(-c3ccc(F)c(F)c3F)n2)c1. The van der Waals surface area contributed by atoms with E-state index in [1.165, 1.54) is 6.07 Å². The van der Waals surface area contributed by atoms with Crippen LogP contribution in [0.25, 0.3) is 11.3 Å². The summed E-state index contributed by atoms with van der Waals surface area (Å²) < 4.78 is 91.2. The Morgan fingerprint density at radius 1 is 0.966 bits per heavy atom. The van der Waals surface area contributed by atoms with Gasteiger partial charge in [0, 0.05) is 17.5 Å². The maximum absolute atomic E-state index is 14.1. The Kier molecular flexibility index (Phi) is 5.51. The van der Waals surface area contributed by atoms with Crippen LogP contribution in [0.5, 0.6) is 0 Å². The van der Waals surface area contributed by atoms with Gasteiger partial charge in [-0.1, -0.05) is 0 Å². The van der Waals surface area contributed by atoms with Crippen LogP contribution in [-0.4, -0.2) is 24.6 Å². The molecule has 5 nitrogen and oxygen atoms in total. The van der Waals surface area contributed by atoms with Crippen LogP contribution in [0, 0.1) is 29.1 Å². The third kappa shape index (κ3) is 4.86. The molecule has 2 aromatic carbocycles. The summed E-state index contributed by atoms with van der Waals surface area (Å²) in [5.41, 5.74) is -1.09. The molecule has 3 aromatic rings. The van der Waals surface area contributed by atoms with Gasteiger partial charge < -0.3 is 5.32 Å². The first-order valence-corrected chi connectivity index (χ1v) is 10.00. The fraction of sp³-hybridized carbons (Fsp3) is 0.111. The number of sulfone groups is 1. The maximum Gasteiger partial charge on any atom is 0.227 e. The smallest absolute Gasteiger partial charge is 0.227 e. The lowest BCUT2D eigenvalue weighted by molar-refractivity contribution is 0.448. The lowest BCUT2D eigenvalue weighted by atomic mass is 10.1. The van der Waals surface area contributed by atoms with Crippen LogP contribution >= 0.6 is 0 Å². The molecular formula is C18H12F5N3O2S. The minimum absolute atomic E-state index is 0.0481. The van der Waals surface area contributed by atoms with Gasteiger partial charge in [0.15, 0.2) is 33.1 Å². The maximum atomic E-state index is 14.1. The summed E-state index contributed by atoms with van der Waals surface area (Å²) in [7, 11) is -3.43. The molecule has 0 bridgehead atoms. The summed E-state index contributed by atoms with van der Waals surface area (Å²) in [5, 5.41) is 2.54. The third-order valence-corrected chi connectivity index (χ3v) is 4.53. The predicted molar refractivity (Wildman–Crippen MR) is 95.5 cm³/mol. The van der Waals surface area contributed by atoms with E-state index in [0.29, 0.717) is 12.3 Å². The number of hydrogen-bond donors (Lipinski definition) is 1. The molecule has 152 valence electrons. The number of nitrogens with one attached hydrogen (secondary N) is 1. The average Bonchev–Trinajstić information content (AvgIpc) is 2.60. The molecule has 0 unspecified atom stereocenters. The zero-order valence-electron chi connectivity index (χ0n) is 14.7. The minimum Gasteiger partial charge on any atom is -0.324 e. The molecule has 0 aliphatic heterocycles. The Morgan fingerprint density at radius 2 is 1.69 bits per heavy atom. The van der Waals surface area contributed by atoms with Crippen molar-refractivity contribution in [2.75, 3.05) is 11.6 Å². The Hall–Kier alpha value is -3.08. The van der Waals surface area contributed by atoms with Crippen LogP contribution in [0.4, 0.5) is 33.6 Å². The first-order chi connectivity index (χ1) is 13.5. The van der Waals surface area contributed by atoms with Gasteiger partial charge in [-0.2, -0.15) is 0 Å². The van der Waals surface area contributed by atoms with E-state index in [1.807, 2.05) is 0 Å². The van der Waals surface area contributed by atoms with Crippen molar-refractivity contribution in [3.05, 3.63) is 71.2 Å². The summed E-state index contributed by atoms with van der Waals surface area (Å²) in [6.07, 6.45) is 1.65. The molecule has 0 aliphatic rings. The molecule has 0 saturated heterocycles. The lowest BCUT2D eigenvalue weighted by Crippen LogP contribution is -2.05. The molecule has 11 heteroatoms. The van der Waals surface area contributed by atoms with Crippen LogP contribution in [0.15, 0.2) is 36.5 Å². The minimum atomic E-state index is -3.43. The normalized spacial score (nSPS) is 11.5. The molecule has 29 heavy (non-hydrogen) atoms. The van der Waals surface area contributed by atoms with Crippen molar-refractivity contribution < 1.29 is 30.4 Å². The number of halogens is 5. The molecule has 3 rings (SSSR count). The van der Waals surface area contributed by atoms with E-state index in [1.54, 1.807) is 0 Å². The van der Waals surface area contributed by atoms with Gasteiger partial charge in [0.1, 0.15) is 11.5 Å². The zero-order valence-corrected chi connectivity index (χ0v) is 15.5. The molecule has 0 amide bonds. The van der Waals surface area contributed by atoms with E-state index in [4.69, 9.17) is 0 Å². The summed E-state index contributed by atoms with van der Waals surface area (Å²) in [6, 6.07) is 4.78. The molecule has 0 aliphatic carbocycles. The Bertz CT molecular complexity index is 1200. The van der Waals surface area contributed by atoms with E-state index in [9.17, 15) is 30.4 Å². The average molecular weight is 429 g/mol. The van der Waals surface area contributed by atoms with E-state index in [-0.39, 0.29) is 17.2 Å². The summed E-state index contributed by atoms with van der Waals surface area (Å²) >= 11 is 0. The second-order valence-electron chi connectivity index (χ2n) is 6.16. The van der Waals surface area contributed by atoms with Gasteiger partial charge in [0.25, 0.3) is 0 Å². The standard InChI is InChI=1S/C18H12F5N3O2S/c1-29(27,28)8-9-4-10(19)6-11(5-9)25-18-24-7-14(21)17(26-18)12-2-3-13(20)16(23)15(12)22/h2-7H,8H2,1H3,(H,24,25,26). The van der Waals surface area contributed by atoms with Gasteiger partial charge in [0.2, 0.25) is 5.95 Å². The number of anilines is 2. The fourth-order valence-corrected chi connectivity index (χ4v) is 3.33. The second-order valence-corrected chi connectivity index (χ2v) is 8.30. The molecular weight excluding hydrogens is 417 g/mol. The third-order valence-electron chi connectivity index (χ3n) is 3.68. The molecule has 0 spiro atoms. The first-order valence-electron chi connectivity index (χ1n) is 7.94. The van der Waals surface area contributed by atoms with Gasteiger partial charge in [-0.15, -0.1) is 0 Å². The highest BCUT2D eigenvalue weighted by Crippen LogP contribution is 2.28. The van der Waals surface area contributed by atoms with Gasteiger partial charge >= 0.3 is 0 Å². The van der Waals surface area contributed by atoms with Crippen molar-refractivity contribution in [3.63, 3.8) is 0 Å². The van der Waals surface area contributed by atoms with Crippen LogP contribution in [0.1, 0.15) is 5.56 Å². The second kappa shape index (κ2) is 7.74. The number of aromatic nitrogens is 2. The van der Waals surface area contributed by atoms with E-state index >= 15 is 0 Å². The summed E-state index contributed by atoms with van der Waals surface area (Å²) in [6.45, 7) is 0. The zero-order chi connectivity index (χ0) is 21.3. The van der Waals surface area contributed by atoms with Gasteiger partial charge in [-0.25, -0.2) is 40.3 Å². The molecule has 1 heterocycles. The molecule has 0 saturated carbocycles. The summed E-state index contributed by atoms with van der Waals surface area (Å²) in [4.78, 5) is 7.37. The van der Waals surface area contributed by atoms with Crippen molar-refractivity contribution in [2.45, 2.75) is 5.75 Å². The van der Waals surface area contributed by atoms with Crippen LogP contribution in [-0.2, 0) is 15.6 Å². The Morgan fingerprint density at radius 3 is 2.38 bits per heavy atom. The van der Waals surface area contributed by atoms with Crippen LogP contribution in [0.3, 0.4) is 0 Å². The lowest BCUT2D eigenvalue weighted by Gasteiger charge is -2.10. The summed E-state index contributed by atoms with van der Waals surface area (Å²) in [5.74, 6) is -7.44. The molecule has 1 aromatic heterocycles. The van der Waals surface area contributed by atoms with E-state index in [0.717, 1.165) is 24.5 Å². The van der Waals surface area contributed by atoms with Gasteiger partial charge in [-0.3, -0.25) is 0 Å². The molecule has 1 N–H and O–H groups in total. The Balaban J connectivity index is 1.99. The highest BCUT2D eigenvalue weighted by molar-refractivity contribution is 7.89. The van der Waals surface area contributed by atoms with Crippen molar-refractivity contribution in [1.29, 1.82) is 0 Å². The molecule has 0 radical (unpaired) electrons. The molecule has 0 fully saturated rings. The topological polar surface area (TPSA) is 72.0 Å². The Labute approximate surface area is 162 Å². The number of benzene rings is 2. The quantitative estimate of drug-likeness (QED) is 0.488. The van der Waals surface area contributed by atoms with Gasteiger partial charge in [-0.05, 0) is 35.9 Å². The van der Waals surface area contributed by atoms with E-state index in [2.05, 4.69) is 15.3 Å². The number of nitrogens with zero attached hydrogens (tertiary/aromatic N) is 2. The number of rotatable bonds is 5. The fourth-order valence-electron chi connectivity index (χ4n) is 2.56. The van der Waals surface area contributed by atoms with Crippen molar-refractivity contribution in [2.24, 2.45) is 0 Å².